The Balaban J connectivity index is 1.65. The zero-order valence-corrected chi connectivity index (χ0v) is 18.3. The number of ether oxygens (including phenoxy) is 2. The maximum absolute atomic E-state index is 12.6. The van der Waals surface area contributed by atoms with Crippen LogP contribution in [0.3, 0.4) is 0 Å². The highest BCUT2D eigenvalue weighted by Crippen LogP contribution is 2.25. The van der Waals surface area contributed by atoms with Crippen LogP contribution in [0.4, 0.5) is 4.79 Å². The van der Waals surface area contributed by atoms with Gasteiger partial charge in [-0.2, -0.15) is 4.98 Å². The van der Waals surface area contributed by atoms with Crippen molar-refractivity contribution in [3.05, 3.63) is 52.2 Å². The molecule has 0 fully saturated rings. The SMILES string of the molecule is COc1ccc2ncc(=O)n(-c3cnc4c(c3)C[C@H](O)[C@@H](OC(=O)NC(C)(C)C)C4)c2n1. The number of nitrogens with one attached hydrogen (secondary N) is 1. The molecule has 3 aromatic rings. The minimum absolute atomic E-state index is 0.234. The summed E-state index contributed by atoms with van der Waals surface area (Å²) in [5.74, 6) is 0.355. The van der Waals surface area contributed by atoms with Gasteiger partial charge in [0.1, 0.15) is 11.6 Å². The Morgan fingerprint density at radius 1 is 1.22 bits per heavy atom. The van der Waals surface area contributed by atoms with Crippen molar-refractivity contribution in [2.24, 2.45) is 0 Å². The average Bonchev–Trinajstić information content (AvgIpc) is 2.72. The molecule has 0 aromatic carbocycles. The Morgan fingerprint density at radius 2 is 2.00 bits per heavy atom. The summed E-state index contributed by atoms with van der Waals surface area (Å²) in [5.41, 5.74) is 2.03. The van der Waals surface area contributed by atoms with Crippen LogP contribution < -0.4 is 15.6 Å². The minimum atomic E-state index is -0.894. The lowest BCUT2D eigenvalue weighted by Crippen LogP contribution is -2.46. The molecular formula is C22H25N5O5. The van der Waals surface area contributed by atoms with E-state index in [2.05, 4.69) is 20.3 Å². The fourth-order valence-corrected chi connectivity index (χ4v) is 3.62. The normalized spacial score (nSPS) is 18.2. The van der Waals surface area contributed by atoms with Crippen molar-refractivity contribution in [3.8, 4) is 11.6 Å². The van der Waals surface area contributed by atoms with E-state index in [9.17, 15) is 14.7 Å². The van der Waals surface area contributed by atoms with Gasteiger partial charge >= 0.3 is 6.09 Å². The Morgan fingerprint density at radius 3 is 2.72 bits per heavy atom. The lowest BCUT2D eigenvalue weighted by Gasteiger charge is -2.30. The summed E-state index contributed by atoms with van der Waals surface area (Å²) in [6.07, 6.45) is 1.10. The van der Waals surface area contributed by atoms with Gasteiger partial charge in [-0.1, -0.05) is 0 Å². The molecule has 10 heteroatoms. The number of hydrogen-bond donors (Lipinski definition) is 2. The number of aliphatic hydroxyl groups excluding tert-OH is 1. The van der Waals surface area contributed by atoms with Crippen LogP contribution in [0, 0.1) is 0 Å². The van der Waals surface area contributed by atoms with E-state index in [1.54, 1.807) is 24.4 Å². The highest BCUT2D eigenvalue weighted by Gasteiger charge is 2.32. The van der Waals surface area contributed by atoms with E-state index in [4.69, 9.17) is 9.47 Å². The number of nitrogens with zero attached hydrogens (tertiary/aromatic N) is 4. The molecule has 0 spiro atoms. The van der Waals surface area contributed by atoms with E-state index in [0.717, 1.165) is 5.56 Å². The van der Waals surface area contributed by atoms with Crippen LogP contribution in [0.15, 0.2) is 35.4 Å². The number of alkyl carbamates (subject to hydrolysis) is 1. The second kappa shape index (κ2) is 8.19. The van der Waals surface area contributed by atoms with Crippen molar-refractivity contribution < 1.29 is 19.4 Å². The Bertz CT molecular complexity index is 1230. The van der Waals surface area contributed by atoms with Crippen LogP contribution in [0.1, 0.15) is 32.0 Å². The predicted molar refractivity (Wildman–Crippen MR) is 116 cm³/mol. The molecule has 0 aliphatic heterocycles. The zero-order valence-electron chi connectivity index (χ0n) is 18.3. The van der Waals surface area contributed by atoms with E-state index in [-0.39, 0.29) is 18.4 Å². The van der Waals surface area contributed by atoms with Crippen molar-refractivity contribution >= 4 is 17.3 Å². The molecule has 3 aromatic heterocycles. The summed E-state index contributed by atoms with van der Waals surface area (Å²) in [6.45, 7) is 5.54. The quantitative estimate of drug-likeness (QED) is 0.629. The largest absolute Gasteiger partial charge is 0.481 e. The number of methoxy groups -OCH3 is 1. The smallest absolute Gasteiger partial charge is 0.407 e. The van der Waals surface area contributed by atoms with E-state index in [1.165, 1.54) is 17.9 Å². The molecule has 32 heavy (non-hydrogen) atoms. The molecule has 0 radical (unpaired) electrons. The second-order valence-corrected chi connectivity index (χ2v) is 8.72. The lowest BCUT2D eigenvalue weighted by atomic mass is 9.91. The number of carbonyl (C=O) groups excluding carboxylic acids is 1. The van der Waals surface area contributed by atoms with Crippen LogP contribution in [0.25, 0.3) is 16.9 Å². The van der Waals surface area contributed by atoms with Gasteiger partial charge in [-0.15, -0.1) is 0 Å². The number of pyridine rings is 2. The summed E-state index contributed by atoms with van der Waals surface area (Å²) in [7, 11) is 1.50. The molecule has 2 N–H and O–H groups in total. The third-order valence-electron chi connectivity index (χ3n) is 5.08. The molecule has 1 aliphatic carbocycles. The first-order valence-electron chi connectivity index (χ1n) is 10.2. The Kier molecular flexibility index (Phi) is 5.55. The summed E-state index contributed by atoms with van der Waals surface area (Å²) in [5, 5.41) is 13.3. The maximum atomic E-state index is 12.6. The van der Waals surface area contributed by atoms with Gasteiger partial charge in [0.15, 0.2) is 5.65 Å². The molecule has 2 atom stereocenters. The zero-order chi connectivity index (χ0) is 23.0. The van der Waals surface area contributed by atoms with Crippen molar-refractivity contribution in [1.29, 1.82) is 0 Å². The first-order chi connectivity index (χ1) is 15.1. The Labute approximate surface area is 184 Å². The van der Waals surface area contributed by atoms with Crippen LogP contribution in [-0.4, -0.2) is 55.6 Å². The van der Waals surface area contributed by atoms with Crippen LogP contribution in [0.2, 0.25) is 0 Å². The van der Waals surface area contributed by atoms with Gasteiger partial charge in [-0.25, -0.2) is 9.78 Å². The van der Waals surface area contributed by atoms with Gasteiger partial charge < -0.3 is 19.9 Å². The first-order valence-corrected chi connectivity index (χ1v) is 10.2. The monoisotopic (exact) mass is 439 g/mol. The minimum Gasteiger partial charge on any atom is -0.481 e. The predicted octanol–water partition coefficient (Wildman–Crippen LogP) is 1.54. The first kappa shape index (κ1) is 21.7. The third-order valence-corrected chi connectivity index (χ3v) is 5.08. The van der Waals surface area contributed by atoms with E-state index in [0.29, 0.717) is 28.4 Å². The molecule has 10 nitrogen and oxygen atoms in total. The number of carbonyl (C=O) groups is 1. The lowest BCUT2D eigenvalue weighted by molar-refractivity contribution is -0.00473. The number of amides is 1. The number of fused-ring (bicyclic) bond motifs is 2. The average molecular weight is 439 g/mol. The van der Waals surface area contributed by atoms with Gasteiger partial charge in [0.25, 0.3) is 5.56 Å². The van der Waals surface area contributed by atoms with Crippen molar-refractivity contribution in [1.82, 2.24) is 24.8 Å². The molecule has 168 valence electrons. The van der Waals surface area contributed by atoms with E-state index >= 15 is 0 Å². The van der Waals surface area contributed by atoms with Crippen LogP contribution in [0.5, 0.6) is 5.88 Å². The molecule has 0 saturated carbocycles. The number of rotatable bonds is 3. The standard InChI is InChI=1S/C22H25N5O5/c1-22(2,3)26-21(30)32-17-9-15-12(8-16(17)28)7-13(10-23-15)27-19(29)11-24-14-5-6-18(31-4)25-20(14)27/h5-7,10-11,16-17,28H,8-9H2,1-4H3,(H,26,30)/t16-,17-/m0/s1. The molecule has 0 bridgehead atoms. The summed E-state index contributed by atoms with van der Waals surface area (Å²) in [4.78, 5) is 37.7. The summed E-state index contributed by atoms with van der Waals surface area (Å²) < 4.78 is 12.0. The number of aliphatic hydroxyl groups is 1. The molecule has 0 saturated heterocycles. The number of aromatic nitrogens is 4. The topological polar surface area (TPSA) is 128 Å². The molecule has 1 aliphatic rings. The van der Waals surface area contributed by atoms with Gasteiger partial charge in [0.05, 0.1) is 31.3 Å². The van der Waals surface area contributed by atoms with Crippen LogP contribution in [-0.2, 0) is 17.6 Å². The highest BCUT2D eigenvalue weighted by molar-refractivity contribution is 5.72. The summed E-state index contributed by atoms with van der Waals surface area (Å²) >= 11 is 0. The van der Waals surface area contributed by atoms with Crippen molar-refractivity contribution in [2.75, 3.05) is 7.11 Å². The molecule has 0 unspecified atom stereocenters. The van der Waals surface area contributed by atoms with E-state index in [1.807, 2.05) is 20.8 Å². The fourth-order valence-electron chi connectivity index (χ4n) is 3.62. The van der Waals surface area contributed by atoms with Gasteiger partial charge in [-0.3, -0.25) is 14.3 Å². The molecule has 4 rings (SSSR count). The molecule has 1 amide bonds. The van der Waals surface area contributed by atoms with Gasteiger partial charge in [0.2, 0.25) is 5.88 Å². The fraction of sp³-hybridized carbons (Fsp3) is 0.409. The molecule has 3 heterocycles. The Hall–Kier alpha value is -3.53. The molecular weight excluding hydrogens is 414 g/mol. The second-order valence-electron chi connectivity index (χ2n) is 8.72. The van der Waals surface area contributed by atoms with Gasteiger partial charge in [0, 0.05) is 30.1 Å². The number of hydrogen-bond acceptors (Lipinski definition) is 8. The maximum Gasteiger partial charge on any atom is 0.407 e. The van der Waals surface area contributed by atoms with Gasteiger partial charge in [-0.05, 0) is 38.5 Å². The van der Waals surface area contributed by atoms with Crippen molar-refractivity contribution in [3.63, 3.8) is 0 Å². The summed E-state index contributed by atoms with van der Waals surface area (Å²) in [6, 6.07) is 5.18. The van der Waals surface area contributed by atoms with Crippen molar-refractivity contribution in [2.45, 2.75) is 51.4 Å². The van der Waals surface area contributed by atoms with Crippen LogP contribution >= 0.6 is 0 Å². The van der Waals surface area contributed by atoms with E-state index < -0.39 is 23.8 Å². The highest BCUT2D eigenvalue weighted by atomic mass is 16.6. The third kappa shape index (κ3) is 4.40.